The Hall–Kier alpha value is -2.04. The van der Waals surface area contributed by atoms with Gasteiger partial charge in [0.15, 0.2) is 0 Å². The lowest BCUT2D eigenvalue weighted by Gasteiger charge is -2.30. The second kappa shape index (κ2) is 5.99. The van der Waals surface area contributed by atoms with E-state index < -0.39 is 0 Å². The topological polar surface area (TPSA) is 68.5 Å². The molecule has 0 saturated heterocycles. The van der Waals surface area contributed by atoms with Gasteiger partial charge in [0.1, 0.15) is 17.2 Å². The number of esters is 1. The second-order valence-electron chi connectivity index (χ2n) is 6.04. The van der Waals surface area contributed by atoms with E-state index in [2.05, 4.69) is 5.32 Å². The molecule has 1 aliphatic heterocycles. The Morgan fingerprint density at radius 1 is 1.50 bits per heavy atom. The highest BCUT2D eigenvalue weighted by atomic mass is 16.5. The molecule has 5 nitrogen and oxygen atoms in total. The van der Waals surface area contributed by atoms with E-state index in [0.29, 0.717) is 18.7 Å². The summed E-state index contributed by atoms with van der Waals surface area (Å²) in [6.07, 6.45) is 3.66. The normalized spacial score (nSPS) is 27.5. The molecule has 1 fully saturated rings. The summed E-state index contributed by atoms with van der Waals surface area (Å²) >= 11 is 0. The fraction of sp³-hybridized carbons (Fsp3) is 0.529. The molecule has 3 atom stereocenters. The van der Waals surface area contributed by atoms with E-state index in [4.69, 9.17) is 9.15 Å². The molecule has 5 heteroatoms. The van der Waals surface area contributed by atoms with Crippen LogP contribution in [0, 0.1) is 5.92 Å². The largest absolute Gasteiger partial charge is 0.469 e. The Bertz CT molecular complexity index is 602. The first-order valence-electron chi connectivity index (χ1n) is 7.82. The van der Waals surface area contributed by atoms with Crippen molar-refractivity contribution >= 4 is 11.8 Å². The second-order valence-corrected chi connectivity index (χ2v) is 6.04. The van der Waals surface area contributed by atoms with Crippen LogP contribution < -0.4 is 5.32 Å². The molecule has 2 heterocycles. The van der Waals surface area contributed by atoms with E-state index in [1.54, 1.807) is 6.26 Å². The third-order valence-corrected chi connectivity index (χ3v) is 4.51. The van der Waals surface area contributed by atoms with Gasteiger partial charge in [0, 0.05) is 18.4 Å². The van der Waals surface area contributed by atoms with Crippen LogP contribution in [0.2, 0.25) is 0 Å². The highest BCUT2D eigenvalue weighted by molar-refractivity contribution is 5.94. The van der Waals surface area contributed by atoms with E-state index in [9.17, 15) is 9.59 Å². The Morgan fingerprint density at radius 2 is 2.32 bits per heavy atom. The minimum Gasteiger partial charge on any atom is -0.469 e. The van der Waals surface area contributed by atoms with Gasteiger partial charge in [0.05, 0.1) is 18.8 Å². The van der Waals surface area contributed by atoms with Crippen LogP contribution in [-0.2, 0) is 14.3 Å². The summed E-state index contributed by atoms with van der Waals surface area (Å²) in [5.41, 5.74) is 1.28. The number of ketones is 1. The Balaban J connectivity index is 1.76. The van der Waals surface area contributed by atoms with Crippen LogP contribution in [0.4, 0.5) is 0 Å². The SMILES string of the molecule is CCCOC(=O)C1=C(C)C2C(=O)CC(c3ccco3)CC2N1. The van der Waals surface area contributed by atoms with Crippen LogP contribution in [0.3, 0.4) is 0 Å². The van der Waals surface area contributed by atoms with Crippen molar-refractivity contribution in [1.29, 1.82) is 0 Å². The van der Waals surface area contributed by atoms with Crippen LogP contribution in [0.15, 0.2) is 34.1 Å². The maximum atomic E-state index is 12.5. The van der Waals surface area contributed by atoms with Crippen LogP contribution >= 0.6 is 0 Å². The van der Waals surface area contributed by atoms with E-state index in [0.717, 1.165) is 24.2 Å². The van der Waals surface area contributed by atoms with E-state index in [-0.39, 0.29) is 29.6 Å². The van der Waals surface area contributed by atoms with Gasteiger partial charge in [-0.05, 0) is 37.5 Å². The van der Waals surface area contributed by atoms with Crippen molar-refractivity contribution in [2.45, 2.75) is 45.1 Å². The summed E-state index contributed by atoms with van der Waals surface area (Å²) in [6, 6.07) is 3.70. The fourth-order valence-electron chi connectivity index (χ4n) is 3.49. The fourth-order valence-corrected chi connectivity index (χ4v) is 3.49. The average molecular weight is 303 g/mol. The third kappa shape index (κ3) is 2.56. The predicted octanol–water partition coefficient (Wildman–Crippen LogP) is 2.54. The standard InChI is InChI=1S/C17H21NO4/c1-3-6-22-17(20)16-10(2)15-12(18-16)8-11(9-13(15)19)14-5-4-7-21-14/h4-5,7,11-12,15,18H,3,6,8-9H2,1-2H3. The molecule has 22 heavy (non-hydrogen) atoms. The number of carbonyl (C=O) groups excluding carboxylic acids is 2. The summed E-state index contributed by atoms with van der Waals surface area (Å²) in [5, 5.41) is 3.22. The Morgan fingerprint density at radius 3 is 3.00 bits per heavy atom. The molecule has 0 bridgehead atoms. The maximum absolute atomic E-state index is 12.5. The van der Waals surface area contributed by atoms with Gasteiger partial charge in [-0.2, -0.15) is 0 Å². The Kier molecular flexibility index (Phi) is 4.05. The average Bonchev–Trinajstić information content (AvgIpc) is 3.13. The number of nitrogens with one attached hydrogen (secondary N) is 1. The van der Waals surface area contributed by atoms with Crippen LogP contribution in [-0.4, -0.2) is 24.4 Å². The molecule has 1 saturated carbocycles. The molecule has 118 valence electrons. The van der Waals surface area contributed by atoms with Crippen molar-refractivity contribution in [3.63, 3.8) is 0 Å². The molecule has 1 N–H and O–H groups in total. The number of fused-ring (bicyclic) bond motifs is 1. The molecule has 0 amide bonds. The zero-order chi connectivity index (χ0) is 15.7. The molecule has 1 aromatic heterocycles. The first-order valence-corrected chi connectivity index (χ1v) is 7.82. The van der Waals surface area contributed by atoms with Crippen molar-refractivity contribution in [3.05, 3.63) is 35.4 Å². The number of rotatable bonds is 4. The summed E-state index contributed by atoms with van der Waals surface area (Å²) in [6.45, 7) is 4.20. The van der Waals surface area contributed by atoms with E-state index in [1.165, 1.54) is 0 Å². The van der Waals surface area contributed by atoms with Crippen LogP contribution in [0.1, 0.15) is 44.8 Å². The highest BCUT2D eigenvalue weighted by Crippen LogP contribution is 2.41. The molecular weight excluding hydrogens is 282 g/mol. The molecule has 2 aliphatic rings. The van der Waals surface area contributed by atoms with Crippen molar-refractivity contribution < 1.29 is 18.7 Å². The van der Waals surface area contributed by atoms with Crippen molar-refractivity contribution in [3.8, 4) is 0 Å². The maximum Gasteiger partial charge on any atom is 0.354 e. The zero-order valence-electron chi connectivity index (χ0n) is 12.9. The highest BCUT2D eigenvalue weighted by Gasteiger charge is 2.45. The number of Topliss-reactive ketones (excluding diaryl/α,β-unsaturated/α-hetero) is 1. The monoisotopic (exact) mass is 303 g/mol. The van der Waals surface area contributed by atoms with E-state index in [1.807, 2.05) is 26.0 Å². The molecule has 3 unspecified atom stereocenters. The van der Waals surface area contributed by atoms with Gasteiger partial charge < -0.3 is 14.5 Å². The molecule has 0 aromatic carbocycles. The van der Waals surface area contributed by atoms with Gasteiger partial charge in [0.25, 0.3) is 0 Å². The number of hydrogen-bond acceptors (Lipinski definition) is 5. The lowest BCUT2D eigenvalue weighted by molar-refractivity contribution is -0.139. The molecule has 1 aromatic rings. The molecule has 0 spiro atoms. The summed E-state index contributed by atoms with van der Waals surface area (Å²) in [7, 11) is 0. The summed E-state index contributed by atoms with van der Waals surface area (Å²) < 4.78 is 10.6. The van der Waals surface area contributed by atoms with Crippen molar-refractivity contribution in [2.24, 2.45) is 5.92 Å². The van der Waals surface area contributed by atoms with Gasteiger partial charge in [-0.1, -0.05) is 6.92 Å². The van der Waals surface area contributed by atoms with E-state index >= 15 is 0 Å². The molecule has 0 radical (unpaired) electrons. The molecular formula is C17H21NO4. The summed E-state index contributed by atoms with van der Waals surface area (Å²) in [4.78, 5) is 24.6. The predicted molar refractivity (Wildman–Crippen MR) is 80.1 cm³/mol. The van der Waals surface area contributed by atoms with Crippen LogP contribution in [0.25, 0.3) is 0 Å². The van der Waals surface area contributed by atoms with Gasteiger partial charge in [-0.25, -0.2) is 4.79 Å². The first-order chi connectivity index (χ1) is 10.6. The van der Waals surface area contributed by atoms with Gasteiger partial charge in [0.2, 0.25) is 0 Å². The van der Waals surface area contributed by atoms with Crippen molar-refractivity contribution in [2.75, 3.05) is 6.61 Å². The minimum absolute atomic E-state index is 0.0412. The lowest BCUT2D eigenvalue weighted by atomic mass is 9.75. The third-order valence-electron chi connectivity index (χ3n) is 4.51. The minimum atomic E-state index is -0.351. The van der Waals surface area contributed by atoms with Crippen LogP contribution in [0.5, 0.6) is 0 Å². The first kappa shape index (κ1) is 14.9. The van der Waals surface area contributed by atoms with Gasteiger partial charge in [-0.3, -0.25) is 4.79 Å². The number of carbonyl (C=O) groups is 2. The lowest BCUT2D eigenvalue weighted by Crippen LogP contribution is -2.40. The summed E-state index contributed by atoms with van der Waals surface area (Å²) in [5.74, 6) is 0.524. The van der Waals surface area contributed by atoms with Gasteiger partial charge in [-0.15, -0.1) is 0 Å². The quantitative estimate of drug-likeness (QED) is 0.866. The Labute approximate surface area is 129 Å². The molecule has 3 rings (SSSR count). The van der Waals surface area contributed by atoms with Crippen molar-refractivity contribution in [1.82, 2.24) is 5.32 Å². The number of ether oxygens (including phenoxy) is 1. The number of furan rings is 1. The molecule has 1 aliphatic carbocycles. The number of hydrogen-bond donors (Lipinski definition) is 1. The smallest absolute Gasteiger partial charge is 0.354 e. The zero-order valence-corrected chi connectivity index (χ0v) is 12.9. The van der Waals surface area contributed by atoms with Gasteiger partial charge >= 0.3 is 5.97 Å².